The number of aromatic nitrogens is 4. The summed E-state index contributed by atoms with van der Waals surface area (Å²) >= 11 is 0. The zero-order valence-corrected chi connectivity index (χ0v) is 13.3. The van der Waals surface area contributed by atoms with Gasteiger partial charge in [0.15, 0.2) is 0 Å². The third kappa shape index (κ3) is 2.18. The Morgan fingerprint density at radius 3 is 2.96 bits per heavy atom. The molecule has 2 atom stereocenters. The maximum atomic E-state index is 12.6. The monoisotopic (exact) mass is 321 g/mol. The van der Waals surface area contributed by atoms with Gasteiger partial charge in [0.2, 0.25) is 5.91 Å². The molecular formula is C18H19N5O. The van der Waals surface area contributed by atoms with E-state index >= 15 is 0 Å². The number of carbonyl (C=O) groups is 1. The summed E-state index contributed by atoms with van der Waals surface area (Å²) in [4.78, 5) is 21.6. The number of nitrogens with zero attached hydrogens (tertiary/aromatic N) is 3. The molecule has 3 N–H and O–H groups in total. The van der Waals surface area contributed by atoms with Crippen molar-refractivity contribution in [2.75, 3.05) is 0 Å². The van der Waals surface area contributed by atoms with Gasteiger partial charge >= 0.3 is 0 Å². The maximum Gasteiger partial charge on any atom is 0.228 e. The molecule has 4 rings (SSSR count). The molecule has 24 heavy (non-hydrogen) atoms. The van der Waals surface area contributed by atoms with Gasteiger partial charge in [0.1, 0.15) is 5.52 Å². The number of nitrogens with two attached hydrogens (primary N) is 1. The number of nitrogens with one attached hydrogen (secondary N) is 1. The third-order valence-corrected chi connectivity index (χ3v) is 5.20. The van der Waals surface area contributed by atoms with Crippen molar-refractivity contribution < 1.29 is 4.79 Å². The predicted molar refractivity (Wildman–Crippen MR) is 90.2 cm³/mol. The van der Waals surface area contributed by atoms with Crippen LogP contribution in [0, 0.1) is 0 Å². The van der Waals surface area contributed by atoms with Gasteiger partial charge in [-0.25, -0.2) is 4.98 Å². The van der Waals surface area contributed by atoms with Gasteiger partial charge in [0, 0.05) is 24.0 Å². The van der Waals surface area contributed by atoms with Crippen molar-refractivity contribution in [1.82, 2.24) is 20.2 Å². The molecule has 0 aromatic carbocycles. The van der Waals surface area contributed by atoms with E-state index in [1.807, 2.05) is 24.3 Å². The van der Waals surface area contributed by atoms with Crippen LogP contribution in [0.3, 0.4) is 0 Å². The molecule has 0 spiro atoms. The lowest BCUT2D eigenvalue weighted by molar-refractivity contribution is -0.125. The molecule has 1 aliphatic carbocycles. The minimum Gasteiger partial charge on any atom is -0.369 e. The van der Waals surface area contributed by atoms with Crippen LogP contribution in [0.2, 0.25) is 0 Å². The van der Waals surface area contributed by atoms with Gasteiger partial charge < -0.3 is 5.73 Å². The second kappa shape index (κ2) is 5.70. The molecule has 1 amide bonds. The van der Waals surface area contributed by atoms with E-state index in [9.17, 15) is 4.79 Å². The minimum absolute atomic E-state index is 0.0488. The van der Waals surface area contributed by atoms with Gasteiger partial charge in [-0.15, -0.1) is 0 Å². The number of rotatable bonds is 3. The third-order valence-electron chi connectivity index (χ3n) is 5.20. The maximum absolute atomic E-state index is 12.6. The molecule has 6 heteroatoms. The normalized spacial score (nSPS) is 24.1. The Kier molecular flexibility index (Phi) is 3.52. The largest absolute Gasteiger partial charge is 0.369 e. The highest BCUT2D eigenvalue weighted by molar-refractivity contribution is 5.88. The van der Waals surface area contributed by atoms with Crippen LogP contribution in [0.5, 0.6) is 0 Å². The minimum atomic E-state index is -0.753. The van der Waals surface area contributed by atoms with Crippen molar-refractivity contribution in [3.05, 3.63) is 54.1 Å². The first-order chi connectivity index (χ1) is 11.7. The van der Waals surface area contributed by atoms with E-state index in [0.29, 0.717) is 0 Å². The van der Waals surface area contributed by atoms with Gasteiger partial charge in [-0.1, -0.05) is 18.9 Å². The molecular weight excluding hydrogens is 302 g/mol. The number of primary amides is 1. The summed E-state index contributed by atoms with van der Waals surface area (Å²) in [6.45, 7) is 0. The van der Waals surface area contributed by atoms with Crippen LogP contribution >= 0.6 is 0 Å². The van der Waals surface area contributed by atoms with Crippen LogP contribution in [-0.4, -0.2) is 26.1 Å². The molecule has 6 nitrogen and oxygen atoms in total. The summed E-state index contributed by atoms with van der Waals surface area (Å²) in [6.07, 6.45) is 8.83. The van der Waals surface area contributed by atoms with E-state index in [4.69, 9.17) is 10.7 Å². The molecule has 0 aliphatic heterocycles. The average molecular weight is 321 g/mol. The Morgan fingerprint density at radius 1 is 1.25 bits per heavy atom. The number of fused-ring (bicyclic) bond motifs is 1. The lowest BCUT2D eigenvalue weighted by atomic mass is 9.61. The number of pyridine rings is 2. The molecule has 1 saturated carbocycles. The molecule has 1 aliphatic rings. The number of hydrogen-bond donors (Lipinski definition) is 2. The summed E-state index contributed by atoms with van der Waals surface area (Å²) in [5.74, 6) is -0.346. The van der Waals surface area contributed by atoms with E-state index < -0.39 is 5.41 Å². The van der Waals surface area contributed by atoms with Gasteiger partial charge in [-0.3, -0.25) is 14.9 Å². The fourth-order valence-electron chi connectivity index (χ4n) is 4.02. The highest BCUT2D eigenvalue weighted by atomic mass is 16.1. The second-order valence-electron chi connectivity index (χ2n) is 6.41. The number of aromatic amines is 1. The fraction of sp³-hybridized carbons (Fsp3) is 0.333. The molecule has 3 aromatic heterocycles. The van der Waals surface area contributed by atoms with Crippen molar-refractivity contribution in [2.45, 2.75) is 37.0 Å². The molecule has 0 saturated heterocycles. The highest BCUT2D eigenvalue weighted by Crippen LogP contribution is 2.48. The van der Waals surface area contributed by atoms with E-state index in [0.717, 1.165) is 48.0 Å². The van der Waals surface area contributed by atoms with Crippen LogP contribution < -0.4 is 5.73 Å². The first-order valence-electron chi connectivity index (χ1n) is 8.22. The van der Waals surface area contributed by atoms with Gasteiger partial charge in [-0.2, -0.15) is 5.10 Å². The lowest BCUT2D eigenvalue weighted by Crippen LogP contribution is -2.48. The lowest BCUT2D eigenvalue weighted by Gasteiger charge is -2.41. The molecule has 122 valence electrons. The summed E-state index contributed by atoms with van der Waals surface area (Å²) in [5.41, 5.74) is 8.67. The zero-order valence-electron chi connectivity index (χ0n) is 13.3. The van der Waals surface area contributed by atoms with E-state index in [-0.39, 0.29) is 11.8 Å². The van der Waals surface area contributed by atoms with Crippen molar-refractivity contribution in [2.24, 2.45) is 5.73 Å². The Morgan fingerprint density at radius 2 is 2.17 bits per heavy atom. The first kappa shape index (κ1) is 14.8. The Bertz CT molecular complexity index is 875. The molecule has 3 heterocycles. The second-order valence-corrected chi connectivity index (χ2v) is 6.41. The Labute approximate surface area is 139 Å². The zero-order chi connectivity index (χ0) is 16.6. The first-order valence-corrected chi connectivity index (χ1v) is 8.22. The number of carbonyl (C=O) groups excluding carboxylic acids is 1. The van der Waals surface area contributed by atoms with Gasteiger partial charge in [0.05, 0.1) is 17.1 Å². The molecule has 0 radical (unpaired) electrons. The standard InChI is InChI=1S/C18H19N5O/c19-17(24)18(12-4-3-9-20-10-12)8-2-1-5-13(18)14-6-7-15-16(22-14)11-21-23-15/h3-4,6-7,9-11,13H,1-2,5,8H2,(H2,19,24)(H,21,23). The van der Waals surface area contributed by atoms with E-state index in [1.54, 1.807) is 18.6 Å². The van der Waals surface area contributed by atoms with Crippen LogP contribution in [0.25, 0.3) is 11.0 Å². The molecule has 0 bridgehead atoms. The van der Waals surface area contributed by atoms with Crippen molar-refractivity contribution >= 4 is 16.9 Å². The quantitative estimate of drug-likeness (QED) is 0.774. The molecule has 2 unspecified atom stereocenters. The summed E-state index contributed by atoms with van der Waals surface area (Å²) < 4.78 is 0. The summed E-state index contributed by atoms with van der Waals surface area (Å²) in [6, 6.07) is 7.75. The number of hydrogen-bond acceptors (Lipinski definition) is 4. The summed E-state index contributed by atoms with van der Waals surface area (Å²) in [5, 5.41) is 6.94. The SMILES string of the molecule is NC(=O)C1(c2cccnc2)CCCCC1c1ccc2[nH]ncc2n1. The van der Waals surface area contributed by atoms with Crippen LogP contribution in [-0.2, 0) is 10.2 Å². The molecule has 3 aromatic rings. The Hall–Kier alpha value is -2.76. The smallest absolute Gasteiger partial charge is 0.228 e. The van der Waals surface area contributed by atoms with Gasteiger partial charge in [0.25, 0.3) is 0 Å². The van der Waals surface area contributed by atoms with Crippen molar-refractivity contribution in [3.8, 4) is 0 Å². The van der Waals surface area contributed by atoms with Crippen molar-refractivity contribution in [3.63, 3.8) is 0 Å². The van der Waals surface area contributed by atoms with E-state index in [2.05, 4.69) is 15.2 Å². The van der Waals surface area contributed by atoms with E-state index in [1.165, 1.54) is 0 Å². The average Bonchev–Trinajstić information content (AvgIpc) is 3.10. The van der Waals surface area contributed by atoms with Crippen LogP contribution in [0.15, 0.2) is 42.9 Å². The predicted octanol–water partition coefficient (Wildman–Crippen LogP) is 2.43. The number of amides is 1. The fourth-order valence-corrected chi connectivity index (χ4v) is 4.02. The Balaban J connectivity index is 1.88. The molecule has 1 fully saturated rings. The van der Waals surface area contributed by atoms with Crippen LogP contribution in [0.1, 0.15) is 42.9 Å². The highest BCUT2D eigenvalue weighted by Gasteiger charge is 2.48. The number of H-pyrrole nitrogens is 1. The van der Waals surface area contributed by atoms with Crippen molar-refractivity contribution in [1.29, 1.82) is 0 Å². The topological polar surface area (TPSA) is 97.6 Å². The summed E-state index contributed by atoms with van der Waals surface area (Å²) in [7, 11) is 0. The van der Waals surface area contributed by atoms with Gasteiger partial charge in [-0.05, 0) is 36.6 Å². The van der Waals surface area contributed by atoms with Crippen LogP contribution in [0.4, 0.5) is 0 Å².